The van der Waals surface area contributed by atoms with E-state index in [0.29, 0.717) is 5.65 Å². The van der Waals surface area contributed by atoms with Gasteiger partial charge in [-0.1, -0.05) is 21.1 Å². The molecule has 0 radical (unpaired) electrons. The van der Waals surface area contributed by atoms with E-state index in [1.807, 2.05) is 25.1 Å². The van der Waals surface area contributed by atoms with E-state index in [1.54, 1.807) is 4.68 Å². The predicted octanol–water partition coefficient (Wildman–Crippen LogP) is 1.57. The molecule has 0 saturated carbocycles. The molecule has 0 saturated heterocycles. The lowest BCUT2D eigenvalue weighted by Crippen LogP contribution is -2.07. The average molecular weight is 306 g/mol. The van der Waals surface area contributed by atoms with Crippen LogP contribution in [-0.4, -0.2) is 25.0 Å². The Morgan fingerprint density at radius 2 is 2.22 bits per heavy atom. The fourth-order valence-corrected chi connectivity index (χ4v) is 2.25. The Morgan fingerprint density at radius 1 is 1.39 bits per heavy atom. The monoisotopic (exact) mass is 305 g/mol. The highest BCUT2D eigenvalue weighted by molar-refractivity contribution is 9.10. The second kappa shape index (κ2) is 4.02. The van der Waals surface area contributed by atoms with Crippen LogP contribution >= 0.6 is 15.9 Å². The summed E-state index contributed by atoms with van der Waals surface area (Å²) in [4.78, 5) is 18.1. The zero-order chi connectivity index (χ0) is 12.7. The van der Waals surface area contributed by atoms with Gasteiger partial charge in [-0.2, -0.15) is 4.68 Å². The van der Waals surface area contributed by atoms with E-state index in [-0.39, 0.29) is 11.1 Å². The molecule has 18 heavy (non-hydrogen) atoms. The fourth-order valence-electron chi connectivity index (χ4n) is 1.78. The van der Waals surface area contributed by atoms with Gasteiger partial charge in [0.15, 0.2) is 11.2 Å². The molecule has 1 N–H and O–H groups in total. The third-order valence-corrected chi connectivity index (χ3v) is 3.12. The first kappa shape index (κ1) is 11.1. The largest absolute Gasteiger partial charge is 0.311 e. The van der Waals surface area contributed by atoms with Crippen LogP contribution in [0.2, 0.25) is 0 Å². The maximum absolute atomic E-state index is 11.5. The predicted molar refractivity (Wildman–Crippen MR) is 69.7 cm³/mol. The van der Waals surface area contributed by atoms with Gasteiger partial charge in [0.05, 0.1) is 12.0 Å². The van der Waals surface area contributed by atoms with Crippen LogP contribution in [0.4, 0.5) is 0 Å². The average Bonchev–Trinajstić information content (AvgIpc) is 2.74. The summed E-state index contributed by atoms with van der Waals surface area (Å²) in [5, 5.41) is 7.84. The Bertz CT molecular complexity index is 791. The number of halogens is 1. The van der Waals surface area contributed by atoms with Crippen molar-refractivity contribution in [1.82, 2.24) is 25.0 Å². The zero-order valence-corrected chi connectivity index (χ0v) is 11.0. The molecular formula is C11H8BrN5O. The summed E-state index contributed by atoms with van der Waals surface area (Å²) in [6, 6.07) is 5.77. The highest BCUT2D eigenvalue weighted by Crippen LogP contribution is 2.20. The maximum atomic E-state index is 11.5. The van der Waals surface area contributed by atoms with Crippen LogP contribution in [0.1, 0.15) is 5.56 Å². The summed E-state index contributed by atoms with van der Waals surface area (Å²) >= 11 is 3.41. The van der Waals surface area contributed by atoms with Gasteiger partial charge in [0.25, 0.3) is 5.56 Å². The first-order valence-corrected chi connectivity index (χ1v) is 6.02. The Morgan fingerprint density at radius 3 is 3.00 bits per heavy atom. The van der Waals surface area contributed by atoms with Gasteiger partial charge in [0.1, 0.15) is 0 Å². The molecule has 0 spiro atoms. The normalized spacial score (nSPS) is 11.0. The van der Waals surface area contributed by atoms with Crippen molar-refractivity contribution in [1.29, 1.82) is 0 Å². The Balaban J connectivity index is 2.32. The lowest BCUT2D eigenvalue weighted by molar-refractivity contribution is 0.812. The van der Waals surface area contributed by atoms with E-state index in [1.165, 1.54) is 6.33 Å². The quantitative estimate of drug-likeness (QED) is 0.740. The summed E-state index contributed by atoms with van der Waals surface area (Å²) in [5.74, 6) is 0. The van der Waals surface area contributed by atoms with Gasteiger partial charge in [-0.25, -0.2) is 4.98 Å². The fraction of sp³-hybridized carbons (Fsp3) is 0.0909. The molecule has 0 atom stereocenters. The van der Waals surface area contributed by atoms with Crippen molar-refractivity contribution < 1.29 is 0 Å². The van der Waals surface area contributed by atoms with Gasteiger partial charge >= 0.3 is 0 Å². The van der Waals surface area contributed by atoms with Gasteiger partial charge in [-0.05, 0) is 30.7 Å². The molecule has 0 bridgehead atoms. The molecule has 90 valence electrons. The van der Waals surface area contributed by atoms with Crippen molar-refractivity contribution in [2.75, 3.05) is 0 Å². The summed E-state index contributed by atoms with van der Waals surface area (Å²) in [7, 11) is 0. The van der Waals surface area contributed by atoms with Crippen molar-refractivity contribution in [3.05, 3.63) is 44.9 Å². The highest BCUT2D eigenvalue weighted by Gasteiger charge is 2.12. The van der Waals surface area contributed by atoms with Gasteiger partial charge in [-0.3, -0.25) is 4.79 Å². The topological polar surface area (TPSA) is 76.5 Å². The Kier molecular flexibility index (Phi) is 2.48. The van der Waals surface area contributed by atoms with Crippen molar-refractivity contribution in [2.24, 2.45) is 0 Å². The number of nitrogens with zero attached hydrogens (tertiary/aromatic N) is 4. The number of fused-ring (bicyclic) bond motifs is 1. The minimum absolute atomic E-state index is 0.236. The van der Waals surface area contributed by atoms with Crippen molar-refractivity contribution in [3.63, 3.8) is 0 Å². The minimum Gasteiger partial charge on any atom is -0.311 e. The van der Waals surface area contributed by atoms with Crippen LogP contribution in [0.15, 0.2) is 33.8 Å². The molecule has 1 aromatic carbocycles. The van der Waals surface area contributed by atoms with Crippen LogP contribution in [0.25, 0.3) is 16.9 Å². The van der Waals surface area contributed by atoms with Gasteiger partial charge in [0.2, 0.25) is 0 Å². The van der Waals surface area contributed by atoms with E-state index in [9.17, 15) is 4.79 Å². The number of hydrogen-bond donors (Lipinski definition) is 1. The smallest absolute Gasteiger partial charge is 0.280 e. The van der Waals surface area contributed by atoms with Crippen LogP contribution in [-0.2, 0) is 0 Å². The number of nitrogens with one attached hydrogen (secondary N) is 1. The van der Waals surface area contributed by atoms with E-state index in [2.05, 4.69) is 36.2 Å². The van der Waals surface area contributed by atoms with E-state index >= 15 is 0 Å². The van der Waals surface area contributed by atoms with Crippen LogP contribution in [0.3, 0.4) is 0 Å². The summed E-state index contributed by atoms with van der Waals surface area (Å²) < 4.78 is 2.55. The summed E-state index contributed by atoms with van der Waals surface area (Å²) in [6.45, 7) is 1.96. The molecule has 0 unspecified atom stereocenters. The molecule has 0 aliphatic rings. The molecule has 0 fully saturated rings. The van der Waals surface area contributed by atoms with Crippen LogP contribution < -0.4 is 5.56 Å². The SMILES string of the molecule is Cc1cc(Br)ccc1-n1nnc2c(=O)[nH]cnc21. The Hall–Kier alpha value is -2.02. The standard InChI is InChI=1S/C11H8BrN5O/c1-6-4-7(12)2-3-8(6)17-10-9(15-16-17)11(18)14-5-13-10/h2-5H,1H3,(H,13,14,18). The number of aromatic amines is 1. The number of aryl methyl sites for hydroxylation is 1. The third-order valence-electron chi connectivity index (χ3n) is 2.63. The molecule has 6 nitrogen and oxygen atoms in total. The van der Waals surface area contributed by atoms with E-state index < -0.39 is 0 Å². The number of H-pyrrole nitrogens is 1. The molecule has 7 heteroatoms. The first-order valence-electron chi connectivity index (χ1n) is 5.22. The summed E-state index contributed by atoms with van der Waals surface area (Å²) in [5.41, 5.74) is 2.25. The van der Waals surface area contributed by atoms with Gasteiger partial charge in [-0.15, -0.1) is 5.10 Å². The zero-order valence-electron chi connectivity index (χ0n) is 9.38. The molecule has 3 rings (SSSR count). The lowest BCUT2D eigenvalue weighted by Gasteiger charge is -2.05. The van der Waals surface area contributed by atoms with Gasteiger partial charge < -0.3 is 4.98 Å². The van der Waals surface area contributed by atoms with Crippen molar-refractivity contribution in [3.8, 4) is 5.69 Å². The molecule has 2 heterocycles. The number of benzene rings is 1. The first-order chi connectivity index (χ1) is 8.66. The highest BCUT2D eigenvalue weighted by atomic mass is 79.9. The lowest BCUT2D eigenvalue weighted by atomic mass is 10.2. The van der Waals surface area contributed by atoms with Crippen molar-refractivity contribution in [2.45, 2.75) is 6.92 Å². The number of hydrogen-bond acceptors (Lipinski definition) is 4. The van der Waals surface area contributed by atoms with E-state index in [4.69, 9.17) is 0 Å². The molecule has 0 aliphatic carbocycles. The van der Waals surface area contributed by atoms with E-state index in [0.717, 1.165) is 15.7 Å². The maximum Gasteiger partial charge on any atom is 0.280 e. The van der Waals surface area contributed by atoms with Gasteiger partial charge in [0, 0.05) is 4.47 Å². The molecular weight excluding hydrogens is 298 g/mol. The number of rotatable bonds is 1. The second-order valence-corrected chi connectivity index (χ2v) is 4.75. The van der Waals surface area contributed by atoms with Crippen LogP contribution in [0, 0.1) is 6.92 Å². The minimum atomic E-state index is -0.291. The number of aromatic nitrogens is 5. The molecule has 2 aromatic heterocycles. The molecule has 3 aromatic rings. The Labute approximate surface area is 110 Å². The summed E-state index contributed by atoms with van der Waals surface area (Å²) in [6.07, 6.45) is 1.35. The third kappa shape index (κ3) is 1.63. The molecule has 0 amide bonds. The van der Waals surface area contributed by atoms with Crippen LogP contribution in [0.5, 0.6) is 0 Å². The molecule has 0 aliphatic heterocycles. The second-order valence-electron chi connectivity index (χ2n) is 3.84. The van der Waals surface area contributed by atoms with Crippen molar-refractivity contribution >= 4 is 27.1 Å².